The third-order valence-corrected chi connectivity index (χ3v) is 4.33. The molecule has 1 fully saturated rings. The van der Waals surface area contributed by atoms with Gasteiger partial charge in [0.25, 0.3) is 0 Å². The lowest BCUT2D eigenvalue weighted by Crippen LogP contribution is -2.20. The van der Waals surface area contributed by atoms with E-state index in [4.69, 9.17) is 0 Å². The molecule has 0 spiro atoms. The van der Waals surface area contributed by atoms with E-state index < -0.39 is 0 Å². The summed E-state index contributed by atoms with van der Waals surface area (Å²) in [4.78, 5) is 0. The molecular formula is C15H23N3. The highest BCUT2D eigenvalue weighted by atomic mass is 15.3. The van der Waals surface area contributed by atoms with Crippen molar-refractivity contribution in [3.05, 3.63) is 17.5 Å². The fourth-order valence-corrected chi connectivity index (χ4v) is 3.25. The highest BCUT2D eigenvalue weighted by molar-refractivity contribution is 5.16. The van der Waals surface area contributed by atoms with Crippen LogP contribution in [0.3, 0.4) is 0 Å². The number of hydrogen-bond donors (Lipinski definition) is 0. The minimum Gasteiger partial charge on any atom is -0.270 e. The first-order valence-corrected chi connectivity index (χ1v) is 7.07. The molecule has 98 valence electrons. The Morgan fingerprint density at radius 2 is 2.33 bits per heavy atom. The minimum atomic E-state index is -0.139. The first-order chi connectivity index (χ1) is 8.62. The van der Waals surface area contributed by atoms with Gasteiger partial charge in [-0.2, -0.15) is 10.4 Å². The average molecular weight is 245 g/mol. The SMILES string of the molecule is CCC1CCC(C#N)(Cc2cc(C)nn2CC)C1. The Morgan fingerprint density at radius 3 is 2.89 bits per heavy atom. The minimum absolute atomic E-state index is 0.139. The van der Waals surface area contributed by atoms with Gasteiger partial charge in [-0.15, -0.1) is 0 Å². The van der Waals surface area contributed by atoms with Crippen molar-refractivity contribution in [2.24, 2.45) is 11.3 Å². The van der Waals surface area contributed by atoms with Crippen LogP contribution in [0.1, 0.15) is 50.9 Å². The van der Waals surface area contributed by atoms with Crippen LogP contribution in [0.25, 0.3) is 0 Å². The van der Waals surface area contributed by atoms with Crippen molar-refractivity contribution in [3.63, 3.8) is 0 Å². The van der Waals surface area contributed by atoms with Crippen molar-refractivity contribution in [1.82, 2.24) is 9.78 Å². The van der Waals surface area contributed by atoms with Crippen LogP contribution in [0.4, 0.5) is 0 Å². The number of aryl methyl sites for hydroxylation is 2. The van der Waals surface area contributed by atoms with Crippen molar-refractivity contribution >= 4 is 0 Å². The summed E-state index contributed by atoms with van der Waals surface area (Å²) in [7, 11) is 0. The van der Waals surface area contributed by atoms with Crippen LogP contribution in [-0.4, -0.2) is 9.78 Å². The first-order valence-electron chi connectivity index (χ1n) is 7.07. The Balaban J connectivity index is 2.18. The van der Waals surface area contributed by atoms with Gasteiger partial charge in [-0.05, 0) is 45.1 Å². The van der Waals surface area contributed by atoms with Crippen molar-refractivity contribution in [2.45, 2.75) is 59.4 Å². The van der Waals surface area contributed by atoms with Crippen LogP contribution in [0.2, 0.25) is 0 Å². The summed E-state index contributed by atoms with van der Waals surface area (Å²) in [5.74, 6) is 0.740. The molecular weight excluding hydrogens is 222 g/mol. The van der Waals surface area contributed by atoms with Gasteiger partial charge in [-0.1, -0.05) is 13.3 Å². The molecule has 0 aromatic carbocycles. The summed E-state index contributed by atoms with van der Waals surface area (Å²) in [5.41, 5.74) is 2.15. The second-order valence-corrected chi connectivity index (χ2v) is 5.68. The molecule has 1 aliphatic carbocycles. The van der Waals surface area contributed by atoms with E-state index in [0.29, 0.717) is 0 Å². The largest absolute Gasteiger partial charge is 0.270 e. The molecule has 1 aromatic heterocycles. The van der Waals surface area contributed by atoms with Crippen molar-refractivity contribution in [2.75, 3.05) is 0 Å². The number of aromatic nitrogens is 2. The third-order valence-electron chi connectivity index (χ3n) is 4.33. The number of nitrogens with zero attached hydrogens (tertiary/aromatic N) is 3. The smallest absolute Gasteiger partial charge is 0.0693 e. The number of hydrogen-bond acceptors (Lipinski definition) is 2. The van der Waals surface area contributed by atoms with E-state index in [1.165, 1.54) is 18.5 Å². The van der Waals surface area contributed by atoms with Gasteiger partial charge in [0.05, 0.1) is 17.2 Å². The highest BCUT2D eigenvalue weighted by Gasteiger charge is 2.39. The maximum atomic E-state index is 9.58. The van der Waals surface area contributed by atoms with Gasteiger partial charge >= 0.3 is 0 Å². The van der Waals surface area contributed by atoms with Crippen LogP contribution in [0, 0.1) is 29.6 Å². The third kappa shape index (κ3) is 2.43. The molecule has 1 aliphatic rings. The monoisotopic (exact) mass is 245 g/mol. The van der Waals surface area contributed by atoms with Gasteiger partial charge in [0, 0.05) is 18.7 Å². The standard InChI is InChI=1S/C15H23N3/c1-4-13-6-7-15(9-13,11-16)10-14-8-12(3)17-18(14)5-2/h8,13H,4-7,9-10H2,1-3H3. The zero-order valence-corrected chi connectivity index (χ0v) is 11.7. The maximum Gasteiger partial charge on any atom is 0.0693 e. The lowest BCUT2D eigenvalue weighted by molar-refractivity contribution is 0.368. The molecule has 0 aliphatic heterocycles. The van der Waals surface area contributed by atoms with E-state index in [1.807, 2.05) is 11.6 Å². The fraction of sp³-hybridized carbons (Fsp3) is 0.733. The zero-order chi connectivity index (χ0) is 13.2. The van der Waals surface area contributed by atoms with E-state index in [0.717, 1.165) is 37.4 Å². The topological polar surface area (TPSA) is 41.6 Å². The summed E-state index contributed by atoms with van der Waals surface area (Å²) < 4.78 is 2.05. The Morgan fingerprint density at radius 1 is 1.56 bits per heavy atom. The van der Waals surface area contributed by atoms with E-state index in [1.54, 1.807) is 0 Å². The molecule has 1 heterocycles. The molecule has 2 rings (SSSR count). The fourth-order valence-electron chi connectivity index (χ4n) is 3.25. The van der Waals surface area contributed by atoms with E-state index in [2.05, 4.69) is 31.1 Å². The molecule has 3 heteroatoms. The van der Waals surface area contributed by atoms with Crippen molar-refractivity contribution < 1.29 is 0 Å². The van der Waals surface area contributed by atoms with E-state index in [-0.39, 0.29) is 5.41 Å². The van der Waals surface area contributed by atoms with Crippen LogP contribution in [0.15, 0.2) is 6.07 Å². The van der Waals surface area contributed by atoms with Gasteiger partial charge < -0.3 is 0 Å². The van der Waals surface area contributed by atoms with Crippen LogP contribution in [-0.2, 0) is 13.0 Å². The van der Waals surface area contributed by atoms with Gasteiger partial charge in [0.2, 0.25) is 0 Å². The zero-order valence-electron chi connectivity index (χ0n) is 11.7. The molecule has 0 bridgehead atoms. The second-order valence-electron chi connectivity index (χ2n) is 5.68. The molecule has 18 heavy (non-hydrogen) atoms. The van der Waals surface area contributed by atoms with E-state index >= 15 is 0 Å². The summed E-state index contributed by atoms with van der Waals surface area (Å²) in [6.45, 7) is 7.26. The summed E-state index contributed by atoms with van der Waals surface area (Å²) in [6.07, 6.45) is 5.40. The molecule has 0 saturated heterocycles. The summed E-state index contributed by atoms with van der Waals surface area (Å²) >= 11 is 0. The maximum absolute atomic E-state index is 9.58. The van der Waals surface area contributed by atoms with Crippen molar-refractivity contribution in [3.8, 4) is 6.07 Å². The Labute approximate surface area is 110 Å². The average Bonchev–Trinajstić information content (AvgIpc) is 2.94. The molecule has 2 atom stereocenters. The second kappa shape index (κ2) is 5.14. The van der Waals surface area contributed by atoms with Gasteiger partial charge in [0.1, 0.15) is 0 Å². The lowest BCUT2D eigenvalue weighted by Gasteiger charge is -2.21. The molecule has 3 nitrogen and oxygen atoms in total. The summed E-state index contributed by atoms with van der Waals surface area (Å²) in [5, 5.41) is 14.1. The van der Waals surface area contributed by atoms with Crippen molar-refractivity contribution in [1.29, 1.82) is 5.26 Å². The predicted molar refractivity (Wildman–Crippen MR) is 72.0 cm³/mol. The van der Waals surface area contributed by atoms with Crippen LogP contribution >= 0.6 is 0 Å². The Hall–Kier alpha value is -1.30. The normalized spacial score (nSPS) is 27.3. The molecule has 0 radical (unpaired) electrons. The predicted octanol–water partition coefficient (Wildman–Crippen LogP) is 3.47. The van der Waals surface area contributed by atoms with Crippen LogP contribution in [0.5, 0.6) is 0 Å². The Kier molecular flexibility index (Phi) is 3.75. The number of rotatable bonds is 4. The first kappa shape index (κ1) is 13.1. The Bertz CT molecular complexity index is 455. The molecule has 2 unspecified atom stereocenters. The van der Waals surface area contributed by atoms with Gasteiger partial charge in [-0.3, -0.25) is 4.68 Å². The molecule has 1 saturated carbocycles. The molecule has 1 aromatic rings. The van der Waals surface area contributed by atoms with Crippen LogP contribution < -0.4 is 0 Å². The summed E-state index contributed by atoms with van der Waals surface area (Å²) in [6, 6.07) is 4.75. The quantitative estimate of drug-likeness (QED) is 0.815. The highest BCUT2D eigenvalue weighted by Crippen LogP contribution is 2.44. The molecule has 0 N–H and O–H groups in total. The van der Waals surface area contributed by atoms with E-state index in [9.17, 15) is 5.26 Å². The van der Waals surface area contributed by atoms with Gasteiger partial charge in [0.15, 0.2) is 0 Å². The number of nitriles is 1. The molecule has 0 amide bonds. The van der Waals surface area contributed by atoms with Gasteiger partial charge in [-0.25, -0.2) is 0 Å². The lowest BCUT2D eigenvalue weighted by atomic mass is 9.82.